The molecule has 1 amide bonds. The Morgan fingerprint density at radius 2 is 2.04 bits per heavy atom. The first-order chi connectivity index (χ1) is 12.6. The zero-order valence-corrected chi connectivity index (χ0v) is 15.9. The van der Waals surface area contributed by atoms with Gasteiger partial charge >= 0.3 is 0 Å². The topological polar surface area (TPSA) is 48.0 Å². The average Bonchev–Trinajstić information content (AvgIpc) is 2.66. The number of carbonyl (C=O) groups is 1. The molecule has 0 spiro atoms. The molecule has 0 aliphatic carbocycles. The number of methoxy groups -OCH3 is 2. The normalized spacial score (nSPS) is 16.0. The Kier molecular flexibility index (Phi) is 5.57. The van der Waals surface area contributed by atoms with E-state index in [0.29, 0.717) is 29.7 Å². The summed E-state index contributed by atoms with van der Waals surface area (Å²) in [6.07, 6.45) is 1.67. The second kappa shape index (κ2) is 7.87. The molecule has 3 rings (SSSR count). The Labute approximate surface area is 158 Å². The van der Waals surface area contributed by atoms with Gasteiger partial charge in [-0.05, 0) is 54.3 Å². The first-order valence-electron chi connectivity index (χ1n) is 8.51. The summed E-state index contributed by atoms with van der Waals surface area (Å²) in [5.74, 6) is 1.87. The predicted molar refractivity (Wildman–Crippen MR) is 100 cm³/mol. The molecule has 138 valence electrons. The molecule has 2 aromatic rings. The van der Waals surface area contributed by atoms with Crippen LogP contribution in [0.1, 0.15) is 29.7 Å². The third-order valence-corrected chi connectivity index (χ3v) is 4.88. The van der Waals surface area contributed by atoms with Crippen molar-refractivity contribution in [2.45, 2.75) is 19.4 Å². The second-order valence-electron chi connectivity index (χ2n) is 6.03. The van der Waals surface area contributed by atoms with E-state index in [4.69, 9.17) is 25.8 Å². The van der Waals surface area contributed by atoms with Gasteiger partial charge < -0.3 is 19.1 Å². The van der Waals surface area contributed by atoms with Crippen LogP contribution in [0.25, 0.3) is 0 Å². The zero-order valence-electron chi connectivity index (χ0n) is 15.1. The van der Waals surface area contributed by atoms with Crippen LogP contribution in [0.15, 0.2) is 30.3 Å². The number of benzene rings is 2. The van der Waals surface area contributed by atoms with Crippen molar-refractivity contribution >= 4 is 18.0 Å². The molecule has 1 heterocycles. The molecule has 0 saturated heterocycles. The predicted octanol–water partition coefficient (Wildman–Crippen LogP) is 3.86. The van der Waals surface area contributed by atoms with E-state index in [-0.39, 0.29) is 6.04 Å². The summed E-state index contributed by atoms with van der Waals surface area (Å²) < 4.78 is 16.3. The lowest BCUT2D eigenvalue weighted by molar-refractivity contribution is -0.119. The number of fused-ring (bicyclic) bond motifs is 1. The number of nitrogens with zero attached hydrogens (tertiary/aromatic N) is 1. The SMILES string of the molecule is CCOc1ccc2c(c1)CCN(C=O)C2c1cc(Cl)c(OC)c(OC)c1. The molecule has 2 aromatic carbocycles. The summed E-state index contributed by atoms with van der Waals surface area (Å²) in [6, 6.07) is 9.48. The third-order valence-electron chi connectivity index (χ3n) is 4.60. The lowest BCUT2D eigenvalue weighted by Gasteiger charge is -2.35. The van der Waals surface area contributed by atoms with Crippen LogP contribution in [0, 0.1) is 0 Å². The molecule has 0 fully saturated rings. The van der Waals surface area contributed by atoms with Gasteiger partial charge in [-0.1, -0.05) is 17.7 Å². The molecule has 5 nitrogen and oxygen atoms in total. The average molecular weight is 376 g/mol. The van der Waals surface area contributed by atoms with Gasteiger partial charge in [0.15, 0.2) is 11.5 Å². The molecule has 1 aliphatic rings. The maximum Gasteiger partial charge on any atom is 0.210 e. The Balaban J connectivity index is 2.11. The smallest absolute Gasteiger partial charge is 0.210 e. The van der Waals surface area contributed by atoms with Gasteiger partial charge in [-0.2, -0.15) is 0 Å². The highest BCUT2D eigenvalue weighted by Gasteiger charge is 2.29. The van der Waals surface area contributed by atoms with Gasteiger partial charge in [-0.15, -0.1) is 0 Å². The lowest BCUT2D eigenvalue weighted by Crippen LogP contribution is -2.35. The number of hydrogen-bond acceptors (Lipinski definition) is 4. The van der Waals surface area contributed by atoms with Crippen LogP contribution in [-0.4, -0.2) is 38.7 Å². The monoisotopic (exact) mass is 375 g/mol. The summed E-state index contributed by atoms with van der Waals surface area (Å²) in [6.45, 7) is 3.21. The number of carbonyl (C=O) groups excluding carboxylic acids is 1. The number of ether oxygens (including phenoxy) is 3. The van der Waals surface area contributed by atoms with E-state index in [2.05, 4.69) is 6.07 Å². The number of rotatable bonds is 6. The highest BCUT2D eigenvalue weighted by Crippen LogP contribution is 2.42. The summed E-state index contributed by atoms with van der Waals surface area (Å²) in [7, 11) is 3.12. The summed E-state index contributed by atoms with van der Waals surface area (Å²) in [5, 5.41) is 0.450. The largest absolute Gasteiger partial charge is 0.494 e. The van der Waals surface area contributed by atoms with E-state index in [1.807, 2.05) is 31.2 Å². The third kappa shape index (κ3) is 3.31. The highest BCUT2D eigenvalue weighted by molar-refractivity contribution is 6.32. The number of amides is 1. The van der Waals surface area contributed by atoms with Gasteiger partial charge in [-0.3, -0.25) is 4.79 Å². The van der Waals surface area contributed by atoms with Crippen molar-refractivity contribution < 1.29 is 19.0 Å². The maximum absolute atomic E-state index is 11.7. The first kappa shape index (κ1) is 18.4. The molecular formula is C20H22ClNO4. The van der Waals surface area contributed by atoms with Crippen molar-refractivity contribution in [3.05, 3.63) is 52.0 Å². The standard InChI is InChI=1S/C20H22ClNO4/c1-4-26-15-5-6-16-13(9-15)7-8-22(12-23)19(16)14-10-17(21)20(25-3)18(11-14)24-2/h5-6,9-12,19H,4,7-8H2,1-3H3. The molecular weight excluding hydrogens is 354 g/mol. The Morgan fingerprint density at radius 1 is 1.23 bits per heavy atom. The fourth-order valence-electron chi connectivity index (χ4n) is 3.46. The van der Waals surface area contributed by atoms with Gasteiger partial charge in [-0.25, -0.2) is 0 Å². The molecule has 1 atom stereocenters. The van der Waals surface area contributed by atoms with Crippen LogP contribution in [0.5, 0.6) is 17.2 Å². The first-order valence-corrected chi connectivity index (χ1v) is 8.88. The fraction of sp³-hybridized carbons (Fsp3) is 0.350. The van der Waals surface area contributed by atoms with Gasteiger partial charge in [0, 0.05) is 6.54 Å². The van der Waals surface area contributed by atoms with Crippen LogP contribution in [-0.2, 0) is 11.2 Å². The highest BCUT2D eigenvalue weighted by atomic mass is 35.5. The van der Waals surface area contributed by atoms with Gasteiger partial charge in [0.2, 0.25) is 6.41 Å². The molecule has 6 heteroatoms. The van der Waals surface area contributed by atoms with Crippen molar-refractivity contribution in [2.75, 3.05) is 27.4 Å². The molecule has 1 aliphatic heterocycles. The van der Waals surface area contributed by atoms with E-state index in [0.717, 1.165) is 29.7 Å². The van der Waals surface area contributed by atoms with E-state index in [1.54, 1.807) is 19.1 Å². The second-order valence-corrected chi connectivity index (χ2v) is 6.43. The van der Waals surface area contributed by atoms with Crippen LogP contribution < -0.4 is 14.2 Å². The van der Waals surface area contributed by atoms with Crippen molar-refractivity contribution in [1.29, 1.82) is 0 Å². The molecule has 26 heavy (non-hydrogen) atoms. The van der Waals surface area contributed by atoms with Crippen LogP contribution in [0.3, 0.4) is 0 Å². The molecule has 0 N–H and O–H groups in total. The molecule has 0 aromatic heterocycles. The Morgan fingerprint density at radius 3 is 2.69 bits per heavy atom. The van der Waals surface area contributed by atoms with Crippen LogP contribution in [0.2, 0.25) is 5.02 Å². The Bertz CT molecular complexity index is 809. The summed E-state index contributed by atoms with van der Waals surface area (Å²) in [4.78, 5) is 13.5. The summed E-state index contributed by atoms with van der Waals surface area (Å²) >= 11 is 6.39. The van der Waals surface area contributed by atoms with E-state index < -0.39 is 0 Å². The summed E-state index contributed by atoms with van der Waals surface area (Å²) in [5.41, 5.74) is 3.12. The van der Waals surface area contributed by atoms with Crippen LogP contribution >= 0.6 is 11.6 Å². The van der Waals surface area contributed by atoms with Crippen molar-refractivity contribution in [1.82, 2.24) is 4.90 Å². The van der Waals surface area contributed by atoms with E-state index in [1.165, 1.54) is 5.56 Å². The van der Waals surface area contributed by atoms with Gasteiger partial charge in [0.1, 0.15) is 5.75 Å². The lowest BCUT2D eigenvalue weighted by atomic mass is 9.88. The molecule has 1 unspecified atom stereocenters. The van der Waals surface area contributed by atoms with E-state index >= 15 is 0 Å². The number of hydrogen-bond donors (Lipinski definition) is 0. The van der Waals surface area contributed by atoms with Crippen molar-refractivity contribution in [2.24, 2.45) is 0 Å². The minimum atomic E-state index is -0.232. The van der Waals surface area contributed by atoms with Crippen LogP contribution in [0.4, 0.5) is 0 Å². The minimum absolute atomic E-state index is 0.232. The van der Waals surface area contributed by atoms with Gasteiger partial charge in [0.05, 0.1) is 31.9 Å². The fourth-order valence-corrected chi connectivity index (χ4v) is 3.76. The molecule has 0 saturated carbocycles. The molecule has 0 bridgehead atoms. The van der Waals surface area contributed by atoms with Crippen molar-refractivity contribution in [3.63, 3.8) is 0 Å². The number of halogens is 1. The zero-order chi connectivity index (χ0) is 18.7. The molecule has 0 radical (unpaired) electrons. The van der Waals surface area contributed by atoms with Gasteiger partial charge in [0.25, 0.3) is 0 Å². The van der Waals surface area contributed by atoms with E-state index in [9.17, 15) is 4.79 Å². The maximum atomic E-state index is 11.7. The van der Waals surface area contributed by atoms with Crippen molar-refractivity contribution in [3.8, 4) is 17.2 Å². The Hall–Kier alpha value is -2.40. The minimum Gasteiger partial charge on any atom is -0.494 e. The quantitative estimate of drug-likeness (QED) is 0.719.